The number of hydrogen-bond donors (Lipinski definition) is 3. The van der Waals surface area contributed by atoms with Gasteiger partial charge in [0.1, 0.15) is 11.5 Å². The van der Waals surface area contributed by atoms with Crippen LogP contribution < -0.4 is 16.3 Å². The summed E-state index contributed by atoms with van der Waals surface area (Å²) in [6.07, 6.45) is 4.88. The number of carbonyl (C=O) groups is 2. The van der Waals surface area contributed by atoms with Crippen molar-refractivity contribution in [3.8, 4) is 22.4 Å². The minimum Gasteiger partial charge on any atom is -0.453 e. The normalized spacial score (nSPS) is 16.2. The van der Waals surface area contributed by atoms with Crippen molar-refractivity contribution in [3.05, 3.63) is 70.7 Å². The average Bonchev–Trinajstić information content (AvgIpc) is 3.88. The van der Waals surface area contributed by atoms with Crippen molar-refractivity contribution in [2.75, 3.05) is 27.4 Å². The van der Waals surface area contributed by atoms with Crippen molar-refractivity contribution in [2.45, 2.75) is 51.2 Å². The summed E-state index contributed by atoms with van der Waals surface area (Å²) in [6.45, 7) is 4.69. The zero-order valence-electron chi connectivity index (χ0n) is 28.5. The number of H-pyrrole nitrogens is 1. The smallest absolute Gasteiger partial charge is 0.407 e. The van der Waals surface area contributed by atoms with Crippen molar-refractivity contribution in [1.82, 2.24) is 39.5 Å². The molecule has 3 N–H and O–H groups in total. The Hall–Kier alpha value is -5.50. The molecule has 2 atom stereocenters. The highest BCUT2D eigenvalue weighted by Gasteiger charge is 2.32. The van der Waals surface area contributed by atoms with Crippen LogP contribution in [-0.4, -0.2) is 74.3 Å². The summed E-state index contributed by atoms with van der Waals surface area (Å²) in [5.41, 5.74) is 5.17. The Morgan fingerprint density at radius 1 is 1.08 bits per heavy atom. The van der Waals surface area contributed by atoms with E-state index in [0.717, 1.165) is 22.0 Å². The highest BCUT2D eigenvalue weighted by molar-refractivity contribution is 6.15. The number of methoxy groups -OCH3 is 2. The second-order valence-corrected chi connectivity index (χ2v) is 13.0. The van der Waals surface area contributed by atoms with Gasteiger partial charge in [0.15, 0.2) is 0 Å². The SMILES string of the molecule is COCCNC(=O)c1ccc(-c2[nH]c3ncc4c(c3c2-c2ccc3c(cnn3C(C)C)c2)n([C@@H]2CC[C@@H](NC(=O)OC)C2)c(=O)n4C)cc1F. The largest absolute Gasteiger partial charge is 0.453 e. The van der Waals surface area contributed by atoms with Gasteiger partial charge in [-0.25, -0.2) is 19.0 Å². The molecule has 4 aromatic heterocycles. The number of benzene rings is 2. The number of alkyl carbamates (subject to hydrolysis) is 1. The summed E-state index contributed by atoms with van der Waals surface area (Å²) >= 11 is 0. The Morgan fingerprint density at radius 2 is 1.88 bits per heavy atom. The van der Waals surface area contributed by atoms with Gasteiger partial charge < -0.3 is 25.1 Å². The van der Waals surface area contributed by atoms with Gasteiger partial charge in [-0.1, -0.05) is 12.1 Å². The molecule has 13 nitrogen and oxygen atoms in total. The van der Waals surface area contributed by atoms with E-state index in [2.05, 4.69) is 34.6 Å². The summed E-state index contributed by atoms with van der Waals surface area (Å²) in [5.74, 6) is -1.22. The summed E-state index contributed by atoms with van der Waals surface area (Å²) in [7, 11) is 4.57. The average molecular weight is 683 g/mol. The number of imidazole rings is 1. The van der Waals surface area contributed by atoms with Crippen LogP contribution in [0.15, 0.2) is 53.6 Å². The first-order chi connectivity index (χ1) is 24.1. The molecule has 260 valence electrons. The maximum Gasteiger partial charge on any atom is 0.407 e. The van der Waals surface area contributed by atoms with Crippen LogP contribution in [0.1, 0.15) is 55.6 Å². The fourth-order valence-corrected chi connectivity index (χ4v) is 7.21. The summed E-state index contributed by atoms with van der Waals surface area (Å²) in [5, 5.41) is 11.8. The van der Waals surface area contributed by atoms with E-state index in [9.17, 15) is 14.4 Å². The first-order valence-electron chi connectivity index (χ1n) is 16.6. The number of aryl methyl sites for hydroxylation is 1. The van der Waals surface area contributed by atoms with Crippen molar-refractivity contribution in [3.63, 3.8) is 0 Å². The molecular formula is C36H39FN8O5. The predicted molar refractivity (Wildman–Crippen MR) is 188 cm³/mol. The number of nitrogens with zero attached hydrogens (tertiary/aromatic N) is 5. The van der Waals surface area contributed by atoms with Crippen LogP contribution in [0.4, 0.5) is 9.18 Å². The van der Waals surface area contributed by atoms with Gasteiger partial charge in [0.2, 0.25) is 0 Å². The molecule has 1 fully saturated rings. The fraction of sp³-hybridized carbons (Fsp3) is 0.361. The number of pyridine rings is 1. The van der Waals surface area contributed by atoms with Gasteiger partial charge in [-0.15, -0.1) is 0 Å². The zero-order valence-corrected chi connectivity index (χ0v) is 28.5. The lowest BCUT2D eigenvalue weighted by Gasteiger charge is -2.15. The number of halogens is 1. The minimum absolute atomic E-state index is 0.0844. The topological polar surface area (TPSA) is 150 Å². The standard InChI is InChI=1S/C36H39FN8O5/c1-19(2)45-27-11-7-20(14-22(27)17-40-45)29-30-32-28(43(3)36(48)44(32)24-9-8-23(16-24)41-35(47)50-5)18-39-33(30)42-31(29)21-6-10-25(26(37)15-21)34(46)38-12-13-49-4/h6-7,10-11,14-15,17-19,23-24H,8-9,12-13,16H2,1-5H3,(H,38,46)(H,39,42)(H,41,47)/t23-,24-/m1/s1. The Kier molecular flexibility index (Phi) is 8.64. The summed E-state index contributed by atoms with van der Waals surface area (Å²) < 4.78 is 30.8. The van der Waals surface area contributed by atoms with E-state index in [1.165, 1.54) is 26.4 Å². The van der Waals surface area contributed by atoms with Gasteiger partial charge in [-0.3, -0.25) is 18.6 Å². The molecule has 50 heavy (non-hydrogen) atoms. The molecule has 1 aliphatic carbocycles. The lowest BCUT2D eigenvalue weighted by Crippen LogP contribution is -2.33. The second kappa shape index (κ2) is 13.1. The van der Waals surface area contributed by atoms with Crippen LogP contribution in [0.3, 0.4) is 0 Å². The van der Waals surface area contributed by atoms with E-state index in [1.54, 1.807) is 23.9 Å². The maximum absolute atomic E-state index is 15.7. The number of rotatable bonds is 9. The number of ether oxygens (including phenoxy) is 2. The summed E-state index contributed by atoms with van der Waals surface area (Å²) in [4.78, 5) is 46.9. The molecular weight excluding hydrogens is 643 g/mol. The molecule has 2 aromatic carbocycles. The van der Waals surface area contributed by atoms with Gasteiger partial charge >= 0.3 is 11.8 Å². The van der Waals surface area contributed by atoms with Crippen LogP contribution >= 0.6 is 0 Å². The van der Waals surface area contributed by atoms with Crippen LogP contribution in [0.5, 0.6) is 0 Å². The number of amides is 2. The Labute approximate surface area is 286 Å². The molecule has 0 saturated heterocycles. The molecule has 0 aliphatic heterocycles. The molecule has 1 aliphatic rings. The van der Waals surface area contributed by atoms with E-state index < -0.39 is 17.8 Å². The fourth-order valence-electron chi connectivity index (χ4n) is 7.21. The third-order valence-electron chi connectivity index (χ3n) is 9.62. The number of hydrogen-bond acceptors (Lipinski definition) is 7. The Morgan fingerprint density at radius 3 is 2.62 bits per heavy atom. The van der Waals surface area contributed by atoms with Crippen molar-refractivity contribution < 1.29 is 23.5 Å². The Balaban J connectivity index is 1.45. The molecule has 0 radical (unpaired) electrons. The highest BCUT2D eigenvalue weighted by Crippen LogP contribution is 2.43. The van der Waals surface area contributed by atoms with Crippen molar-refractivity contribution >= 4 is 45.0 Å². The van der Waals surface area contributed by atoms with Gasteiger partial charge in [0.05, 0.1) is 59.3 Å². The van der Waals surface area contributed by atoms with E-state index in [1.807, 2.05) is 33.6 Å². The van der Waals surface area contributed by atoms with Gasteiger partial charge in [-0.05, 0) is 62.9 Å². The van der Waals surface area contributed by atoms with E-state index >= 15 is 4.39 Å². The van der Waals surface area contributed by atoms with Crippen LogP contribution in [0.25, 0.3) is 55.4 Å². The molecule has 0 spiro atoms. The molecule has 1 saturated carbocycles. The molecule has 7 rings (SSSR count). The molecule has 14 heteroatoms. The maximum atomic E-state index is 15.7. The van der Waals surface area contributed by atoms with Crippen LogP contribution in [0.2, 0.25) is 0 Å². The second-order valence-electron chi connectivity index (χ2n) is 13.0. The number of carbonyl (C=O) groups excluding carboxylic acids is 2. The lowest BCUT2D eigenvalue weighted by molar-refractivity contribution is 0.0933. The van der Waals surface area contributed by atoms with Crippen molar-refractivity contribution in [1.29, 1.82) is 0 Å². The predicted octanol–water partition coefficient (Wildman–Crippen LogP) is 5.45. The molecule has 0 unspecified atom stereocenters. The number of aromatic nitrogens is 6. The van der Waals surface area contributed by atoms with E-state index in [4.69, 9.17) is 14.5 Å². The number of nitrogens with one attached hydrogen (secondary N) is 3. The quantitative estimate of drug-likeness (QED) is 0.172. The number of aromatic amines is 1. The first kappa shape index (κ1) is 33.0. The van der Waals surface area contributed by atoms with E-state index in [-0.39, 0.29) is 35.9 Å². The molecule has 4 heterocycles. The van der Waals surface area contributed by atoms with Gasteiger partial charge in [-0.2, -0.15) is 5.10 Å². The van der Waals surface area contributed by atoms with Crippen LogP contribution in [-0.2, 0) is 16.5 Å². The van der Waals surface area contributed by atoms with Crippen molar-refractivity contribution in [2.24, 2.45) is 7.05 Å². The lowest BCUT2D eigenvalue weighted by atomic mass is 9.96. The molecule has 0 bridgehead atoms. The third kappa shape index (κ3) is 5.58. The van der Waals surface area contributed by atoms with Gasteiger partial charge in [0, 0.05) is 55.3 Å². The number of fused-ring (bicyclic) bond motifs is 4. The van der Waals surface area contributed by atoms with Crippen LogP contribution in [0, 0.1) is 5.82 Å². The zero-order chi connectivity index (χ0) is 35.3. The molecule has 6 aromatic rings. The first-order valence-corrected chi connectivity index (χ1v) is 16.6. The van der Waals surface area contributed by atoms with E-state index in [0.29, 0.717) is 59.2 Å². The molecule has 2 amide bonds. The minimum atomic E-state index is -0.680. The summed E-state index contributed by atoms with van der Waals surface area (Å²) in [6, 6.07) is 10.4. The Bertz CT molecular complexity index is 2330. The third-order valence-corrected chi connectivity index (χ3v) is 9.62. The van der Waals surface area contributed by atoms with Gasteiger partial charge in [0.25, 0.3) is 5.91 Å². The highest BCUT2D eigenvalue weighted by atomic mass is 19.1. The monoisotopic (exact) mass is 682 g/mol.